The van der Waals surface area contributed by atoms with E-state index >= 15 is 0 Å². The Balaban J connectivity index is 2.20. The van der Waals surface area contributed by atoms with Gasteiger partial charge in [-0.1, -0.05) is 43.2 Å². The van der Waals surface area contributed by atoms with Crippen molar-refractivity contribution in [2.24, 2.45) is 0 Å². The number of hydrogen-bond acceptors (Lipinski definition) is 1. The third-order valence-electron chi connectivity index (χ3n) is 4.54. The van der Waals surface area contributed by atoms with Crippen molar-refractivity contribution in [2.45, 2.75) is 40.5 Å². The molecule has 3 rings (SSSR count). The van der Waals surface area contributed by atoms with Gasteiger partial charge < -0.3 is 0 Å². The third-order valence-corrected chi connectivity index (χ3v) is 4.54. The summed E-state index contributed by atoms with van der Waals surface area (Å²) in [5.74, 6) is 0. The smallest absolute Gasteiger partial charge is 0.275 e. The number of nitrogens with one attached hydrogen (secondary N) is 1. The van der Waals surface area contributed by atoms with Gasteiger partial charge in [-0.2, -0.15) is 0 Å². The summed E-state index contributed by atoms with van der Waals surface area (Å²) in [6.07, 6.45) is 1.72. The van der Waals surface area contributed by atoms with Gasteiger partial charge in [0, 0.05) is 11.1 Å². The summed E-state index contributed by atoms with van der Waals surface area (Å²) < 4.78 is 1.68. The molecule has 124 valence electrons. The topological polar surface area (TPSA) is 37.8 Å². The quantitative estimate of drug-likeness (QED) is 0.742. The Morgan fingerprint density at radius 1 is 1.00 bits per heavy atom. The van der Waals surface area contributed by atoms with Gasteiger partial charge in [-0.05, 0) is 56.5 Å². The molecule has 0 atom stereocenters. The Hall–Kier alpha value is -2.55. The second-order valence-electron chi connectivity index (χ2n) is 6.49. The minimum Gasteiger partial charge on any atom is -0.290 e. The molecule has 3 heteroatoms. The first-order valence-corrected chi connectivity index (χ1v) is 8.50. The Bertz CT molecular complexity index is 931. The molecule has 1 aromatic heterocycles. The van der Waals surface area contributed by atoms with Crippen molar-refractivity contribution in [2.75, 3.05) is 0 Å². The lowest BCUT2D eigenvalue weighted by Crippen LogP contribution is -2.17. The number of nitrogens with zero attached hydrogens (tertiary/aromatic N) is 1. The van der Waals surface area contributed by atoms with Crippen LogP contribution in [0.2, 0.25) is 0 Å². The molecule has 0 spiro atoms. The van der Waals surface area contributed by atoms with Crippen LogP contribution in [0.25, 0.3) is 16.9 Å². The molecule has 0 fully saturated rings. The average Bonchev–Trinajstić information content (AvgIpc) is 2.88. The molecule has 24 heavy (non-hydrogen) atoms. The summed E-state index contributed by atoms with van der Waals surface area (Å²) in [6, 6.07) is 14.4. The summed E-state index contributed by atoms with van der Waals surface area (Å²) in [5, 5.41) is 3.35. The van der Waals surface area contributed by atoms with Gasteiger partial charge in [0.05, 0.1) is 11.4 Å². The number of rotatable bonds is 4. The van der Waals surface area contributed by atoms with Crippen LogP contribution in [0.1, 0.15) is 35.6 Å². The highest BCUT2D eigenvalue weighted by Crippen LogP contribution is 2.23. The Morgan fingerprint density at radius 2 is 1.79 bits per heavy atom. The molecule has 0 amide bonds. The van der Waals surface area contributed by atoms with E-state index in [9.17, 15) is 4.79 Å². The van der Waals surface area contributed by atoms with Crippen molar-refractivity contribution in [3.8, 4) is 16.9 Å². The molecule has 0 aliphatic rings. The van der Waals surface area contributed by atoms with Gasteiger partial charge in [0.1, 0.15) is 0 Å². The van der Waals surface area contributed by atoms with Crippen molar-refractivity contribution >= 4 is 0 Å². The fraction of sp³-hybridized carbons (Fsp3) is 0.286. The van der Waals surface area contributed by atoms with Gasteiger partial charge in [-0.25, -0.2) is 4.68 Å². The van der Waals surface area contributed by atoms with Crippen LogP contribution in [0.15, 0.2) is 47.3 Å². The number of aromatic nitrogens is 2. The van der Waals surface area contributed by atoms with Crippen LogP contribution in [0.5, 0.6) is 0 Å². The normalized spacial score (nSPS) is 11.0. The van der Waals surface area contributed by atoms with Crippen molar-refractivity contribution in [3.63, 3.8) is 0 Å². The van der Waals surface area contributed by atoms with Crippen LogP contribution in [0, 0.1) is 20.8 Å². The molecule has 0 saturated heterocycles. The van der Waals surface area contributed by atoms with Crippen molar-refractivity contribution in [1.29, 1.82) is 0 Å². The van der Waals surface area contributed by atoms with E-state index < -0.39 is 0 Å². The van der Waals surface area contributed by atoms with E-state index in [0.717, 1.165) is 35.3 Å². The first-order chi connectivity index (χ1) is 11.5. The first kappa shape index (κ1) is 16.3. The molecule has 0 bridgehead atoms. The average molecular weight is 320 g/mol. The summed E-state index contributed by atoms with van der Waals surface area (Å²) in [5.41, 5.74) is 7.41. The van der Waals surface area contributed by atoms with E-state index in [-0.39, 0.29) is 5.56 Å². The monoisotopic (exact) mass is 320 g/mol. The molecule has 0 unspecified atom stereocenters. The van der Waals surface area contributed by atoms with Crippen LogP contribution in [0.4, 0.5) is 0 Å². The molecule has 2 aromatic carbocycles. The van der Waals surface area contributed by atoms with E-state index in [1.165, 1.54) is 16.7 Å². The van der Waals surface area contributed by atoms with E-state index in [2.05, 4.69) is 63.1 Å². The second kappa shape index (κ2) is 6.52. The highest BCUT2D eigenvalue weighted by molar-refractivity contribution is 5.64. The third kappa shape index (κ3) is 2.94. The number of H-pyrrole nitrogens is 1. The zero-order valence-corrected chi connectivity index (χ0v) is 14.8. The largest absolute Gasteiger partial charge is 0.290 e. The van der Waals surface area contributed by atoms with Crippen LogP contribution < -0.4 is 5.56 Å². The van der Waals surface area contributed by atoms with E-state index in [1.54, 1.807) is 4.68 Å². The molecular weight excluding hydrogens is 296 g/mol. The number of aromatic amines is 1. The molecule has 0 aliphatic carbocycles. The summed E-state index contributed by atoms with van der Waals surface area (Å²) in [6.45, 7) is 8.33. The summed E-state index contributed by atoms with van der Waals surface area (Å²) in [7, 11) is 0. The summed E-state index contributed by atoms with van der Waals surface area (Å²) in [4.78, 5) is 13.0. The maximum Gasteiger partial charge on any atom is 0.275 e. The lowest BCUT2D eigenvalue weighted by atomic mass is 10.0. The van der Waals surface area contributed by atoms with Gasteiger partial charge >= 0.3 is 0 Å². The Morgan fingerprint density at radius 3 is 2.46 bits per heavy atom. The maximum absolute atomic E-state index is 13.0. The number of benzene rings is 2. The Labute approximate surface area is 143 Å². The van der Waals surface area contributed by atoms with Gasteiger partial charge in [0.2, 0.25) is 0 Å². The minimum absolute atomic E-state index is 0.0524. The molecule has 3 aromatic rings. The highest BCUT2D eigenvalue weighted by Gasteiger charge is 2.16. The molecule has 0 radical (unpaired) electrons. The highest BCUT2D eigenvalue weighted by atomic mass is 16.1. The van der Waals surface area contributed by atoms with Gasteiger partial charge in [0.25, 0.3) is 5.56 Å². The Kier molecular flexibility index (Phi) is 4.43. The maximum atomic E-state index is 13.0. The van der Waals surface area contributed by atoms with Crippen molar-refractivity contribution in [3.05, 3.63) is 75.1 Å². The molecule has 0 saturated carbocycles. The predicted octanol–water partition coefficient (Wildman–Crippen LogP) is 4.71. The van der Waals surface area contributed by atoms with E-state index in [1.807, 2.05) is 12.1 Å². The fourth-order valence-corrected chi connectivity index (χ4v) is 3.04. The van der Waals surface area contributed by atoms with Crippen LogP contribution >= 0.6 is 0 Å². The van der Waals surface area contributed by atoms with Gasteiger partial charge in [0.15, 0.2) is 0 Å². The van der Waals surface area contributed by atoms with Crippen LogP contribution in [0.3, 0.4) is 0 Å². The molecule has 3 nitrogen and oxygen atoms in total. The number of hydrogen-bond donors (Lipinski definition) is 1. The van der Waals surface area contributed by atoms with Crippen LogP contribution in [-0.4, -0.2) is 9.78 Å². The summed E-state index contributed by atoms with van der Waals surface area (Å²) >= 11 is 0. The van der Waals surface area contributed by atoms with Gasteiger partial charge in [-0.15, -0.1) is 0 Å². The zero-order valence-electron chi connectivity index (χ0n) is 14.8. The van der Waals surface area contributed by atoms with Crippen molar-refractivity contribution in [1.82, 2.24) is 9.78 Å². The van der Waals surface area contributed by atoms with Gasteiger partial charge in [-0.3, -0.25) is 9.89 Å². The minimum atomic E-state index is 0.0524. The second-order valence-corrected chi connectivity index (χ2v) is 6.49. The van der Waals surface area contributed by atoms with Crippen LogP contribution in [-0.2, 0) is 6.42 Å². The number of aryl methyl sites for hydroxylation is 3. The predicted molar refractivity (Wildman–Crippen MR) is 100 cm³/mol. The molecule has 1 N–H and O–H groups in total. The lowest BCUT2D eigenvalue weighted by molar-refractivity contribution is 0.841. The SMILES string of the molecule is CCCc1c(-c2cccc(C)c2)[nH]n(-c2ccc(C)c(C)c2)c1=O. The van der Waals surface area contributed by atoms with E-state index in [4.69, 9.17) is 0 Å². The molecular formula is C21H24N2O. The standard InChI is InChI=1S/C21H24N2O/c1-5-7-19-20(17-9-6-8-14(2)12-17)22-23(21(19)24)18-11-10-15(3)16(4)13-18/h6,8-13,22H,5,7H2,1-4H3. The zero-order chi connectivity index (χ0) is 17.3. The fourth-order valence-electron chi connectivity index (χ4n) is 3.04. The molecule has 0 aliphatic heterocycles. The van der Waals surface area contributed by atoms with Crippen molar-refractivity contribution < 1.29 is 0 Å². The van der Waals surface area contributed by atoms with E-state index in [0.29, 0.717) is 0 Å². The lowest BCUT2D eigenvalue weighted by Gasteiger charge is -2.06. The molecule has 1 heterocycles. The first-order valence-electron chi connectivity index (χ1n) is 8.50.